The van der Waals surface area contributed by atoms with Gasteiger partial charge in [0.15, 0.2) is 0 Å². The number of ketones is 1. The van der Waals surface area contributed by atoms with Crippen LogP contribution in [0.15, 0.2) is 0 Å². The van der Waals surface area contributed by atoms with Gasteiger partial charge in [0.25, 0.3) is 0 Å². The van der Waals surface area contributed by atoms with Gasteiger partial charge in [-0.1, -0.05) is 0 Å². The van der Waals surface area contributed by atoms with Gasteiger partial charge >= 0.3 is 8.26 Å². The van der Waals surface area contributed by atoms with Gasteiger partial charge in [0.2, 0.25) is 0 Å². The van der Waals surface area contributed by atoms with Crippen LogP contribution in [-0.4, -0.2) is 14.2 Å². The van der Waals surface area contributed by atoms with Crippen molar-refractivity contribution in [3.63, 3.8) is 0 Å². The first-order chi connectivity index (χ1) is 4.89. The van der Waals surface area contributed by atoms with E-state index in [1.54, 1.807) is 0 Å². The summed E-state index contributed by atoms with van der Waals surface area (Å²) in [6.45, 7) is 0. The van der Waals surface area contributed by atoms with E-state index in [2.05, 4.69) is 21.4 Å². The molecule has 0 N–H and O–H groups in total. The molecule has 0 aromatic heterocycles. The Hall–Kier alpha value is 0.200. The second-order valence-electron chi connectivity index (χ2n) is 2.12. The average Bonchev–Trinajstić information content (AvgIpc) is 2.12. The molecule has 3 nitrogen and oxygen atoms in total. The van der Waals surface area contributed by atoms with Gasteiger partial charge in [-0.25, -0.2) is 0 Å². The van der Waals surface area contributed by atoms with Crippen molar-refractivity contribution in [2.75, 3.05) is 0 Å². The van der Waals surface area contributed by atoms with Crippen LogP contribution >= 0.6 is 21.4 Å². The van der Waals surface area contributed by atoms with Crippen molar-refractivity contribution in [1.82, 2.24) is 0 Å². The zero-order chi connectivity index (χ0) is 8.91. The maximum Gasteiger partial charge on any atom is 0.317 e. The van der Waals surface area contributed by atoms with Crippen LogP contribution in [0.4, 0.5) is 0 Å². The van der Waals surface area contributed by atoms with Crippen molar-refractivity contribution in [3.05, 3.63) is 0 Å². The third kappa shape index (κ3) is 13.2. The molecule has 0 spiro atoms. The first kappa shape index (κ1) is 11.2. The van der Waals surface area contributed by atoms with Gasteiger partial charge in [-0.2, -0.15) is 8.42 Å². The largest absolute Gasteiger partial charge is 0.317 e. The molecule has 0 aliphatic heterocycles. The molecule has 0 saturated heterocycles. The number of carbonyl (C=O) groups excluding carboxylic acids is 1. The Morgan fingerprint density at radius 2 is 1.36 bits per heavy atom. The van der Waals surface area contributed by atoms with E-state index in [0.717, 1.165) is 25.7 Å². The zero-order valence-electron chi connectivity index (χ0n) is 5.72. The van der Waals surface area contributed by atoms with E-state index in [4.69, 9.17) is 8.42 Å². The highest BCUT2D eigenvalue weighted by atomic mass is 36.0. The summed E-state index contributed by atoms with van der Waals surface area (Å²) in [6, 6.07) is 0. The van der Waals surface area contributed by atoms with Crippen LogP contribution in [0.25, 0.3) is 0 Å². The van der Waals surface area contributed by atoms with E-state index >= 15 is 0 Å². The van der Waals surface area contributed by atoms with Crippen LogP contribution in [0.3, 0.4) is 0 Å². The average molecular weight is 219 g/mol. The molecule has 0 aromatic rings. The number of Topliss-reactive ketones (excluding diaryl/α,β-unsaturated/α-hetero) is 1. The molecule has 0 atom stereocenters. The first-order valence-corrected chi connectivity index (χ1v) is 6.19. The Bertz CT molecular complexity index is 206. The maximum atomic E-state index is 10.2. The number of carbonyl (C=O) groups is 1. The van der Waals surface area contributed by atoms with E-state index < -0.39 is 8.26 Å². The normalized spacial score (nSPS) is 17.5. The Kier molecular flexibility index (Phi) is 5.04. The molecule has 1 aliphatic carbocycles. The Morgan fingerprint density at radius 1 is 1.09 bits per heavy atom. The third-order valence-corrected chi connectivity index (χ3v) is 1.16. The molecule has 0 bridgehead atoms. The van der Waals surface area contributed by atoms with E-state index in [9.17, 15) is 4.79 Å². The predicted molar refractivity (Wildman–Crippen MR) is 44.1 cm³/mol. The molecule has 1 aliphatic rings. The van der Waals surface area contributed by atoms with Crippen LogP contribution in [0.2, 0.25) is 0 Å². The second-order valence-corrected chi connectivity index (χ2v) is 5.79. The van der Waals surface area contributed by atoms with E-state index in [1.807, 2.05) is 0 Å². The molecule has 0 heterocycles. The SMILES string of the molecule is O=C1CCCC1.O=S(=O)(Cl)Cl. The minimum Gasteiger partial charge on any atom is -0.300 e. The zero-order valence-corrected chi connectivity index (χ0v) is 8.05. The van der Waals surface area contributed by atoms with E-state index in [-0.39, 0.29) is 0 Å². The van der Waals surface area contributed by atoms with Gasteiger partial charge in [0.1, 0.15) is 5.78 Å². The van der Waals surface area contributed by atoms with Crippen molar-refractivity contribution in [2.45, 2.75) is 25.7 Å². The number of halogens is 2. The summed E-state index contributed by atoms with van der Waals surface area (Å²) < 4.78 is 18.3. The maximum absolute atomic E-state index is 10.2. The number of rotatable bonds is 0. The summed E-state index contributed by atoms with van der Waals surface area (Å²) >= 11 is 0. The van der Waals surface area contributed by atoms with Gasteiger partial charge in [-0.3, -0.25) is 4.79 Å². The lowest BCUT2D eigenvalue weighted by Gasteiger charge is -1.71. The van der Waals surface area contributed by atoms with Crippen molar-refractivity contribution in [1.29, 1.82) is 0 Å². The first-order valence-electron chi connectivity index (χ1n) is 3.05. The minimum absolute atomic E-state index is 0.454. The summed E-state index contributed by atoms with van der Waals surface area (Å²) in [7, 11) is 4.81. The molecular weight excluding hydrogens is 211 g/mol. The summed E-state index contributed by atoms with van der Waals surface area (Å²) in [6.07, 6.45) is 3.97. The van der Waals surface area contributed by atoms with Crippen LogP contribution < -0.4 is 0 Å². The highest BCUT2D eigenvalue weighted by Crippen LogP contribution is 2.11. The van der Waals surface area contributed by atoms with Crippen molar-refractivity contribution >= 4 is 35.4 Å². The van der Waals surface area contributed by atoms with Crippen molar-refractivity contribution in [2.24, 2.45) is 0 Å². The van der Waals surface area contributed by atoms with Gasteiger partial charge in [0.05, 0.1) is 0 Å². The van der Waals surface area contributed by atoms with Crippen LogP contribution in [0.5, 0.6) is 0 Å². The van der Waals surface area contributed by atoms with Crippen LogP contribution in [0, 0.1) is 0 Å². The molecule has 0 amide bonds. The highest BCUT2D eigenvalue weighted by Gasteiger charge is 2.07. The lowest BCUT2D eigenvalue weighted by molar-refractivity contribution is -0.117. The molecular formula is C5H8Cl2O3S. The third-order valence-electron chi connectivity index (χ3n) is 1.16. The standard InChI is InChI=1S/C5H8O.Cl2O2S/c6-5-3-1-2-4-5;1-5(2,3)4/h1-4H2;. The predicted octanol–water partition coefficient (Wildman–Crippen LogP) is 1.84. The Morgan fingerprint density at radius 3 is 1.45 bits per heavy atom. The molecule has 0 unspecified atom stereocenters. The van der Waals surface area contributed by atoms with Gasteiger partial charge < -0.3 is 0 Å². The fraction of sp³-hybridized carbons (Fsp3) is 0.800. The number of hydrogen-bond acceptors (Lipinski definition) is 3. The van der Waals surface area contributed by atoms with E-state index in [0.29, 0.717) is 5.78 Å². The summed E-state index contributed by atoms with van der Waals surface area (Å²) in [4.78, 5) is 10.2. The lowest BCUT2D eigenvalue weighted by atomic mass is 10.4. The molecule has 11 heavy (non-hydrogen) atoms. The minimum atomic E-state index is -3.72. The molecule has 0 radical (unpaired) electrons. The van der Waals surface area contributed by atoms with Crippen molar-refractivity contribution in [3.8, 4) is 0 Å². The Labute approximate surface area is 74.6 Å². The highest BCUT2D eigenvalue weighted by molar-refractivity contribution is 8.31. The second kappa shape index (κ2) is 4.95. The molecule has 66 valence electrons. The molecule has 1 rings (SSSR count). The Balaban J connectivity index is 0.000000187. The lowest BCUT2D eigenvalue weighted by Crippen LogP contribution is -1.81. The summed E-state index contributed by atoms with van der Waals surface area (Å²) in [5.41, 5.74) is 0. The molecule has 6 heteroatoms. The molecule has 1 saturated carbocycles. The smallest absolute Gasteiger partial charge is 0.300 e. The molecule has 1 fully saturated rings. The van der Waals surface area contributed by atoms with Crippen LogP contribution in [0.1, 0.15) is 25.7 Å². The monoisotopic (exact) mass is 218 g/mol. The van der Waals surface area contributed by atoms with Gasteiger partial charge in [-0.15, -0.1) is 0 Å². The number of hydrogen-bond donors (Lipinski definition) is 0. The van der Waals surface area contributed by atoms with Gasteiger partial charge in [0, 0.05) is 34.2 Å². The topological polar surface area (TPSA) is 51.2 Å². The summed E-state index contributed by atoms with van der Waals surface area (Å²) in [5, 5.41) is 0. The molecule has 0 aromatic carbocycles. The van der Waals surface area contributed by atoms with Crippen molar-refractivity contribution < 1.29 is 13.2 Å². The quantitative estimate of drug-likeness (QED) is 0.584. The van der Waals surface area contributed by atoms with Crippen LogP contribution in [-0.2, 0) is 13.1 Å². The summed E-state index contributed by atoms with van der Waals surface area (Å²) in [5.74, 6) is 0.454. The van der Waals surface area contributed by atoms with E-state index in [1.165, 1.54) is 0 Å². The van der Waals surface area contributed by atoms with Gasteiger partial charge in [-0.05, 0) is 12.8 Å². The fourth-order valence-electron chi connectivity index (χ4n) is 0.769. The fourth-order valence-corrected chi connectivity index (χ4v) is 0.769.